The van der Waals surface area contributed by atoms with Gasteiger partial charge in [-0.05, 0) is 29.3 Å². The average molecular weight is 245 g/mol. The highest BCUT2D eigenvalue weighted by molar-refractivity contribution is 6.31. The van der Waals surface area contributed by atoms with Gasteiger partial charge in [-0.1, -0.05) is 0 Å². The first kappa shape index (κ1) is 10.2. The molecule has 0 aliphatic carbocycles. The predicted octanol–water partition coefficient (Wildman–Crippen LogP) is 2.38. The summed E-state index contributed by atoms with van der Waals surface area (Å²) in [5.41, 5.74) is 0.177. The van der Waals surface area contributed by atoms with E-state index in [4.69, 9.17) is 23.2 Å². The Morgan fingerprint density at radius 2 is 1.73 bits per heavy atom. The normalized spacial score (nSPS) is 10.3. The van der Waals surface area contributed by atoms with Crippen LogP contribution >= 0.6 is 23.2 Å². The van der Waals surface area contributed by atoms with E-state index < -0.39 is 5.82 Å². The summed E-state index contributed by atoms with van der Waals surface area (Å²) in [6.07, 6.45) is 2.48. The molecule has 0 amide bonds. The highest BCUT2D eigenvalue weighted by atomic mass is 35.5. The fraction of sp³-hybridized carbons (Fsp3) is 0. The highest BCUT2D eigenvalue weighted by Crippen LogP contribution is 2.19. The summed E-state index contributed by atoms with van der Waals surface area (Å²) >= 11 is 11.1. The van der Waals surface area contributed by atoms with Crippen LogP contribution in [0.3, 0.4) is 0 Å². The topological polar surface area (TPSA) is 51.6 Å². The van der Waals surface area contributed by atoms with E-state index >= 15 is 0 Å². The molecule has 0 bridgehead atoms. The zero-order valence-corrected chi connectivity index (χ0v) is 8.67. The smallest absolute Gasteiger partial charge is 0.227 e. The van der Waals surface area contributed by atoms with Crippen LogP contribution in [0.2, 0.25) is 10.6 Å². The van der Waals surface area contributed by atoms with Gasteiger partial charge in [0, 0.05) is 6.20 Å². The Labute approximate surface area is 94.1 Å². The average Bonchev–Trinajstić information content (AvgIpc) is 2.16. The first-order valence-electron chi connectivity index (χ1n) is 3.84. The molecule has 0 saturated carbocycles. The molecular weight excluding hydrogens is 242 g/mol. The van der Waals surface area contributed by atoms with E-state index in [1.807, 2.05) is 0 Å². The Kier molecular flexibility index (Phi) is 2.75. The van der Waals surface area contributed by atoms with Crippen LogP contribution in [0.5, 0.6) is 0 Å². The van der Waals surface area contributed by atoms with Crippen molar-refractivity contribution in [3.8, 4) is 11.4 Å². The molecule has 4 nitrogen and oxygen atoms in total. The third-order valence-electron chi connectivity index (χ3n) is 1.59. The fourth-order valence-electron chi connectivity index (χ4n) is 1.00. The summed E-state index contributed by atoms with van der Waals surface area (Å²) in [6.45, 7) is 0. The second kappa shape index (κ2) is 4.04. The summed E-state index contributed by atoms with van der Waals surface area (Å²) in [7, 11) is 0. The lowest BCUT2D eigenvalue weighted by Gasteiger charge is -2.00. The quantitative estimate of drug-likeness (QED) is 0.773. The molecular formula is C8H3Cl2FN4. The van der Waals surface area contributed by atoms with Crippen molar-refractivity contribution in [3.05, 3.63) is 34.8 Å². The number of rotatable bonds is 1. The minimum Gasteiger partial charge on any atom is -0.262 e. The first-order valence-corrected chi connectivity index (χ1v) is 4.59. The highest BCUT2D eigenvalue weighted by Gasteiger charge is 2.10. The molecule has 0 fully saturated rings. The van der Waals surface area contributed by atoms with Crippen molar-refractivity contribution in [2.45, 2.75) is 0 Å². The van der Waals surface area contributed by atoms with E-state index in [1.165, 1.54) is 12.3 Å². The molecule has 2 rings (SSSR count). The number of halogens is 3. The third kappa shape index (κ3) is 2.19. The molecule has 0 saturated heterocycles. The molecule has 15 heavy (non-hydrogen) atoms. The first-order chi connectivity index (χ1) is 7.16. The van der Waals surface area contributed by atoms with Gasteiger partial charge in [-0.25, -0.2) is 4.39 Å². The molecule has 0 N–H and O–H groups in total. The Morgan fingerprint density at radius 3 is 2.33 bits per heavy atom. The maximum absolute atomic E-state index is 13.3. The van der Waals surface area contributed by atoms with Crippen LogP contribution in [0.4, 0.5) is 4.39 Å². The summed E-state index contributed by atoms with van der Waals surface area (Å²) in [6, 6.07) is 1.43. The van der Waals surface area contributed by atoms with E-state index in [1.54, 1.807) is 0 Å². The predicted molar refractivity (Wildman–Crippen MR) is 53.0 cm³/mol. The minimum atomic E-state index is -0.546. The molecule has 2 aromatic heterocycles. The maximum atomic E-state index is 13.3. The van der Waals surface area contributed by atoms with Crippen molar-refractivity contribution < 1.29 is 4.39 Å². The van der Waals surface area contributed by atoms with Crippen LogP contribution < -0.4 is 0 Å². The van der Waals surface area contributed by atoms with Crippen LogP contribution in [0, 0.1) is 5.82 Å². The molecule has 2 heterocycles. The van der Waals surface area contributed by atoms with Gasteiger partial charge in [-0.2, -0.15) is 15.0 Å². The monoisotopic (exact) mass is 244 g/mol. The van der Waals surface area contributed by atoms with Gasteiger partial charge in [0.1, 0.15) is 0 Å². The van der Waals surface area contributed by atoms with Crippen molar-refractivity contribution >= 4 is 23.2 Å². The Balaban J connectivity index is 2.59. The lowest BCUT2D eigenvalue weighted by molar-refractivity contribution is 0.623. The molecule has 0 spiro atoms. The van der Waals surface area contributed by atoms with Crippen LogP contribution in [-0.4, -0.2) is 19.9 Å². The van der Waals surface area contributed by atoms with Gasteiger partial charge in [0.25, 0.3) is 0 Å². The molecule has 0 aliphatic heterocycles. The molecule has 0 unspecified atom stereocenters. The van der Waals surface area contributed by atoms with Crippen molar-refractivity contribution in [2.75, 3.05) is 0 Å². The standard InChI is InChI=1S/C8H3Cl2FN4/c9-7-13-6(14-8(10)15-7)4-1-2-12-3-5(4)11/h1-3H. The van der Waals surface area contributed by atoms with E-state index in [9.17, 15) is 4.39 Å². The van der Waals surface area contributed by atoms with Crippen molar-refractivity contribution in [3.63, 3.8) is 0 Å². The van der Waals surface area contributed by atoms with Crippen LogP contribution in [0.15, 0.2) is 18.5 Å². The van der Waals surface area contributed by atoms with Crippen molar-refractivity contribution in [2.24, 2.45) is 0 Å². The van der Waals surface area contributed by atoms with Gasteiger partial charge >= 0.3 is 0 Å². The van der Waals surface area contributed by atoms with Gasteiger partial charge in [0.05, 0.1) is 11.8 Å². The van der Waals surface area contributed by atoms with Gasteiger partial charge in [0.15, 0.2) is 11.6 Å². The number of hydrogen-bond acceptors (Lipinski definition) is 4. The van der Waals surface area contributed by atoms with Gasteiger partial charge in [-0.15, -0.1) is 0 Å². The van der Waals surface area contributed by atoms with E-state index in [0.29, 0.717) is 0 Å². The molecule has 7 heteroatoms. The van der Waals surface area contributed by atoms with E-state index in [-0.39, 0.29) is 22.0 Å². The summed E-state index contributed by atoms with van der Waals surface area (Å²) in [4.78, 5) is 14.7. The lowest BCUT2D eigenvalue weighted by atomic mass is 10.2. The minimum absolute atomic E-state index is 0.0822. The lowest BCUT2D eigenvalue weighted by Crippen LogP contribution is -1.96. The number of hydrogen-bond donors (Lipinski definition) is 0. The zero-order chi connectivity index (χ0) is 10.8. The maximum Gasteiger partial charge on any atom is 0.227 e. The number of aromatic nitrogens is 4. The van der Waals surface area contributed by atoms with Crippen LogP contribution in [-0.2, 0) is 0 Å². The fourth-order valence-corrected chi connectivity index (χ4v) is 1.37. The van der Waals surface area contributed by atoms with Crippen molar-refractivity contribution in [1.82, 2.24) is 19.9 Å². The molecule has 0 radical (unpaired) electrons. The zero-order valence-electron chi connectivity index (χ0n) is 7.15. The number of pyridine rings is 1. The molecule has 76 valence electrons. The number of nitrogens with zero attached hydrogens (tertiary/aromatic N) is 4. The molecule has 0 aliphatic rings. The Bertz CT molecular complexity index is 486. The van der Waals surface area contributed by atoms with E-state index in [0.717, 1.165) is 6.20 Å². The van der Waals surface area contributed by atoms with Gasteiger partial charge < -0.3 is 0 Å². The third-order valence-corrected chi connectivity index (χ3v) is 1.93. The van der Waals surface area contributed by atoms with Gasteiger partial charge in [-0.3, -0.25) is 4.98 Å². The SMILES string of the molecule is Fc1cnccc1-c1nc(Cl)nc(Cl)n1. The summed E-state index contributed by atoms with van der Waals surface area (Å²) < 4.78 is 13.3. The van der Waals surface area contributed by atoms with E-state index in [2.05, 4.69) is 19.9 Å². The molecule has 2 aromatic rings. The second-order valence-electron chi connectivity index (χ2n) is 2.55. The van der Waals surface area contributed by atoms with Crippen LogP contribution in [0.1, 0.15) is 0 Å². The molecule has 0 atom stereocenters. The summed E-state index contributed by atoms with van der Waals surface area (Å²) in [5.74, 6) is -0.462. The second-order valence-corrected chi connectivity index (χ2v) is 3.23. The largest absolute Gasteiger partial charge is 0.262 e. The van der Waals surface area contributed by atoms with Crippen LogP contribution in [0.25, 0.3) is 11.4 Å². The summed E-state index contributed by atoms with van der Waals surface area (Å²) in [5, 5.41) is -0.164. The molecule has 0 aromatic carbocycles. The Morgan fingerprint density at radius 1 is 1.07 bits per heavy atom. The Hall–Kier alpha value is -1.33. The van der Waals surface area contributed by atoms with Gasteiger partial charge in [0.2, 0.25) is 10.6 Å². The van der Waals surface area contributed by atoms with Crippen molar-refractivity contribution in [1.29, 1.82) is 0 Å².